The molecule has 1 N–H and O–H groups in total. The van der Waals surface area contributed by atoms with Gasteiger partial charge in [0.05, 0.1) is 5.54 Å². The van der Waals surface area contributed by atoms with E-state index in [1.54, 1.807) is 30.6 Å². The zero-order valence-electron chi connectivity index (χ0n) is 17.4. The first kappa shape index (κ1) is 20.9. The van der Waals surface area contributed by atoms with E-state index in [-0.39, 0.29) is 11.7 Å². The van der Waals surface area contributed by atoms with Crippen LogP contribution in [-0.4, -0.2) is 33.9 Å². The molecule has 0 spiro atoms. The fourth-order valence-corrected chi connectivity index (χ4v) is 4.15. The lowest BCUT2D eigenvalue weighted by Gasteiger charge is -2.42. The van der Waals surface area contributed by atoms with Crippen LogP contribution in [0.15, 0.2) is 67.0 Å². The Hall–Kier alpha value is -3.32. The van der Waals surface area contributed by atoms with Crippen molar-refractivity contribution in [2.75, 3.05) is 13.1 Å². The molecule has 0 bridgehead atoms. The molecular weight excluding hydrogens is 395 g/mol. The number of rotatable bonds is 6. The predicted octanol–water partition coefficient (Wildman–Crippen LogP) is 4.04. The smallest absolute Gasteiger partial charge is 0.321 e. The van der Waals surface area contributed by atoms with Crippen molar-refractivity contribution in [2.24, 2.45) is 0 Å². The zero-order valence-corrected chi connectivity index (χ0v) is 17.4. The van der Waals surface area contributed by atoms with E-state index in [0.717, 1.165) is 25.2 Å². The van der Waals surface area contributed by atoms with Crippen LogP contribution < -0.4 is 10.1 Å². The third-order valence-corrected chi connectivity index (χ3v) is 5.57. The molecule has 2 aromatic carbocycles. The molecule has 0 atom stereocenters. The number of carbonyl (C=O) groups is 1. The van der Waals surface area contributed by atoms with Crippen molar-refractivity contribution < 1.29 is 13.9 Å². The fourth-order valence-electron chi connectivity index (χ4n) is 4.15. The molecule has 0 aliphatic carbocycles. The molecule has 3 aromatic rings. The van der Waals surface area contributed by atoms with E-state index in [9.17, 15) is 9.18 Å². The lowest BCUT2D eigenvalue weighted by atomic mass is 9.80. The normalized spacial score (nSPS) is 15.9. The van der Waals surface area contributed by atoms with Crippen molar-refractivity contribution in [3.63, 3.8) is 0 Å². The topological polar surface area (TPSA) is 67.4 Å². The predicted molar refractivity (Wildman–Crippen MR) is 115 cm³/mol. The van der Waals surface area contributed by atoms with Crippen LogP contribution in [0.25, 0.3) is 0 Å². The molecule has 1 aliphatic heterocycles. The number of hydrogen-bond donors (Lipinski definition) is 1. The Balaban J connectivity index is 1.44. The summed E-state index contributed by atoms with van der Waals surface area (Å²) in [5.41, 5.74) is 0.984. The summed E-state index contributed by atoms with van der Waals surface area (Å²) >= 11 is 0. The number of aromatic nitrogens is 2. The van der Waals surface area contributed by atoms with Gasteiger partial charge in [-0.2, -0.15) is 0 Å². The first-order valence-corrected chi connectivity index (χ1v) is 10.3. The molecule has 0 unspecified atom stereocenters. The summed E-state index contributed by atoms with van der Waals surface area (Å²) in [4.78, 5) is 22.4. The summed E-state index contributed by atoms with van der Waals surface area (Å²) in [7, 11) is 0. The monoisotopic (exact) mass is 420 g/mol. The maximum absolute atomic E-state index is 14.5. The van der Waals surface area contributed by atoms with Gasteiger partial charge in [-0.1, -0.05) is 30.3 Å². The summed E-state index contributed by atoms with van der Waals surface area (Å²) < 4.78 is 20.3. The van der Waals surface area contributed by atoms with E-state index in [1.807, 2.05) is 30.3 Å². The molecule has 7 heteroatoms. The molecule has 1 aliphatic rings. The average Bonchev–Trinajstić information content (AvgIpc) is 2.76. The Bertz CT molecular complexity index is 1040. The highest BCUT2D eigenvalue weighted by atomic mass is 19.1. The Kier molecular flexibility index (Phi) is 6.23. The van der Waals surface area contributed by atoms with Gasteiger partial charge in [-0.15, -0.1) is 0 Å². The van der Waals surface area contributed by atoms with Gasteiger partial charge in [0.1, 0.15) is 11.6 Å². The Labute approximate surface area is 181 Å². The number of piperidine rings is 1. The van der Waals surface area contributed by atoms with Crippen molar-refractivity contribution in [1.29, 1.82) is 0 Å². The number of benzene rings is 2. The van der Waals surface area contributed by atoms with E-state index >= 15 is 0 Å². The maximum atomic E-state index is 14.5. The van der Waals surface area contributed by atoms with Crippen molar-refractivity contribution >= 4 is 5.91 Å². The van der Waals surface area contributed by atoms with Crippen molar-refractivity contribution in [2.45, 2.75) is 31.8 Å². The Morgan fingerprint density at radius 3 is 2.55 bits per heavy atom. The SMILES string of the molecule is CC(=O)NC1(c2ccccc2F)CCN(Cc2cccc(Oc3ncccn3)c2)CC1. The number of hydrogen-bond acceptors (Lipinski definition) is 5. The summed E-state index contributed by atoms with van der Waals surface area (Å²) in [6, 6.07) is 16.6. The highest BCUT2D eigenvalue weighted by Crippen LogP contribution is 2.35. The third kappa shape index (κ3) is 5.06. The highest BCUT2D eigenvalue weighted by Gasteiger charge is 2.38. The van der Waals surface area contributed by atoms with Gasteiger partial charge < -0.3 is 10.1 Å². The number of halogens is 1. The summed E-state index contributed by atoms with van der Waals surface area (Å²) in [6.07, 6.45) is 4.55. The lowest BCUT2D eigenvalue weighted by molar-refractivity contribution is -0.121. The van der Waals surface area contributed by atoms with Crippen molar-refractivity contribution in [1.82, 2.24) is 20.2 Å². The van der Waals surface area contributed by atoms with Gasteiger partial charge in [0, 0.05) is 44.5 Å². The van der Waals surface area contributed by atoms with E-state index in [1.165, 1.54) is 13.0 Å². The van der Waals surface area contributed by atoms with Crippen LogP contribution in [0.2, 0.25) is 0 Å². The Morgan fingerprint density at radius 1 is 1.10 bits per heavy atom. The fraction of sp³-hybridized carbons (Fsp3) is 0.292. The molecule has 160 valence electrons. The molecule has 4 rings (SSSR count). The second-order valence-corrected chi connectivity index (χ2v) is 7.80. The first-order chi connectivity index (χ1) is 15.0. The number of ether oxygens (including phenoxy) is 1. The van der Waals surface area contributed by atoms with E-state index in [4.69, 9.17) is 4.74 Å². The highest BCUT2D eigenvalue weighted by molar-refractivity contribution is 5.74. The second-order valence-electron chi connectivity index (χ2n) is 7.80. The van der Waals surface area contributed by atoms with Crippen LogP contribution >= 0.6 is 0 Å². The lowest BCUT2D eigenvalue weighted by Crippen LogP contribution is -2.52. The minimum absolute atomic E-state index is 0.148. The zero-order chi connectivity index (χ0) is 21.7. The molecule has 1 aromatic heterocycles. The summed E-state index contributed by atoms with van der Waals surface area (Å²) in [6.45, 7) is 3.69. The van der Waals surface area contributed by atoms with Crippen LogP contribution in [-0.2, 0) is 16.9 Å². The van der Waals surface area contributed by atoms with Gasteiger partial charge in [0.25, 0.3) is 0 Å². The summed E-state index contributed by atoms with van der Waals surface area (Å²) in [5, 5.41) is 3.03. The number of nitrogens with one attached hydrogen (secondary N) is 1. The summed E-state index contributed by atoms with van der Waals surface area (Å²) in [5.74, 6) is 0.252. The quantitative estimate of drug-likeness (QED) is 0.652. The molecule has 0 saturated carbocycles. The van der Waals surface area contributed by atoms with Gasteiger partial charge in [0.2, 0.25) is 5.91 Å². The standard InChI is InChI=1S/C24H25FN4O2/c1-18(30)28-24(21-8-2-3-9-22(21)25)10-14-29(15-11-24)17-19-6-4-7-20(16-19)31-23-26-12-5-13-27-23/h2-9,12-13,16H,10-11,14-15,17H2,1H3,(H,28,30). The molecule has 1 saturated heterocycles. The van der Waals surface area contributed by atoms with Crippen LogP contribution in [0, 0.1) is 5.82 Å². The van der Waals surface area contributed by atoms with Crippen LogP contribution in [0.1, 0.15) is 30.9 Å². The van der Waals surface area contributed by atoms with Gasteiger partial charge in [0.15, 0.2) is 0 Å². The maximum Gasteiger partial charge on any atom is 0.321 e. The minimum atomic E-state index is -0.677. The first-order valence-electron chi connectivity index (χ1n) is 10.3. The van der Waals surface area contributed by atoms with Crippen LogP contribution in [0.3, 0.4) is 0 Å². The Morgan fingerprint density at radius 2 is 1.84 bits per heavy atom. The second kappa shape index (κ2) is 9.22. The number of likely N-dealkylation sites (tertiary alicyclic amines) is 1. The number of nitrogens with zero attached hydrogens (tertiary/aromatic N) is 3. The van der Waals surface area contributed by atoms with Crippen LogP contribution in [0.5, 0.6) is 11.8 Å². The van der Waals surface area contributed by atoms with Gasteiger partial charge in [-0.05, 0) is 42.7 Å². The average molecular weight is 420 g/mol. The number of carbonyl (C=O) groups excluding carboxylic acids is 1. The van der Waals surface area contributed by atoms with Crippen molar-refractivity contribution in [3.8, 4) is 11.8 Å². The van der Waals surface area contributed by atoms with E-state index in [2.05, 4.69) is 20.2 Å². The molecule has 0 radical (unpaired) electrons. The van der Waals surface area contributed by atoms with E-state index < -0.39 is 5.54 Å². The largest absolute Gasteiger partial charge is 0.424 e. The van der Waals surface area contributed by atoms with Crippen LogP contribution in [0.4, 0.5) is 4.39 Å². The van der Waals surface area contributed by atoms with Gasteiger partial charge >= 0.3 is 6.01 Å². The van der Waals surface area contributed by atoms with Gasteiger partial charge in [-0.25, -0.2) is 14.4 Å². The molecule has 2 heterocycles. The number of amides is 1. The van der Waals surface area contributed by atoms with Gasteiger partial charge in [-0.3, -0.25) is 9.69 Å². The third-order valence-electron chi connectivity index (χ3n) is 5.57. The molecule has 1 fully saturated rings. The molecular formula is C24H25FN4O2. The van der Waals surface area contributed by atoms with E-state index in [0.29, 0.717) is 30.2 Å². The minimum Gasteiger partial charge on any atom is -0.424 e. The molecule has 6 nitrogen and oxygen atoms in total. The molecule has 31 heavy (non-hydrogen) atoms. The van der Waals surface area contributed by atoms with Crippen molar-refractivity contribution in [3.05, 3.63) is 83.9 Å². The molecule has 1 amide bonds.